The first-order valence-electron chi connectivity index (χ1n) is 8.75. The zero-order valence-electron chi connectivity index (χ0n) is 14.6. The number of fused-ring (bicyclic) bond motifs is 1. The molecule has 120 valence electrons. The van der Waals surface area contributed by atoms with Gasteiger partial charge in [-0.1, -0.05) is 47.0 Å². The first-order valence-corrected chi connectivity index (χ1v) is 8.75. The molecule has 0 spiro atoms. The van der Waals surface area contributed by atoms with Gasteiger partial charge >= 0.3 is 0 Å². The summed E-state index contributed by atoms with van der Waals surface area (Å²) in [7, 11) is 0. The van der Waals surface area contributed by atoms with Crippen LogP contribution in [0.5, 0.6) is 0 Å². The summed E-state index contributed by atoms with van der Waals surface area (Å²) in [5, 5.41) is 10.5. The Morgan fingerprint density at radius 3 is 2.71 bits per heavy atom. The maximum atomic E-state index is 10.5. The van der Waals surface area contributed by atoms with E-state index in [1.165, 1.54) is 42.6 Å². The largest absolute Gasteiger partial charge is 0.388 e. The van der Waals surface area contributed by atoms with Gasteiger partial charge in [0.25, 0.3) is 0 Å². The molecule has 2 nitrogen and oxygen atoms in total. The Morgan fingerprint density at radius 2 is 2.10 bits per heavy atom. The van der Waals surface area contributed by atoms with Crippen molar-refractivity contribution in [2.24, 2.45) is 11.3 Å². The summed E-state index contributed by atoms with van der Waals surface area (Å²) in [5.41, 5.74) is 4.12. The summed E-state index contributed by atoms with van der Waals surface area (Å²) in [6.07, 6.45) is 6.89. The van der Waals surface area contributed by atoms with Crippen LogP contribution < -0.4 is 0 Å². The van der Waals surface area contributed by atoms with Crippen LogP contribution in [0.2, 0.25) is 0 Å². The second kappa shape index (κ2) is 6.56. The van der Waals surface area contributed by atoms with Crippen molar-refractivity contribution in [3.63, 3.8) is 0 Å². The zero-order chi connectivity index (χ0) is 15.6. The van der Waals surface area contributed by atoms with E-state index in [0.29, 0.717) is 0 Å². The third-order valence-corrected chi connectivity index (χ3v) is 5.18. The Balaban J connectivity index is 2.24. The van der Waals surface area contributed by atoms with E-state index in [1.807, 2.05) is 0 Å². The van der Waals surface area contributed by atoms with E-state index < -0.39 is 0 Å². The van der Waals surface area contributed by atoms with Gasteiger partial charge in [0, 0.05) is 23.5 Å². The van der Waals surface area contributed by atoms with Crippen LogP contribution in [0.4, 0.5) is 0 Å². The maximum absolute atomic E-state index is 10.5. The molecule has 0 aliphatic heterocycles. The van der Waals surface area contributed by atoms with E-state index in [1.54, 1.807) is 0 Å². The normalized spacial score (nSPS) is 22.1. The smallest absolute Gasteiger partial charge is 0.0812 e. The lowest BCUT2D eigenvalue weighted by Crippen LogP contribution is -2.27. The van der Waals surface area contributed by atoms with Gasteiger partial charge in [-0.25, -0.2) is 0 Å². The third-order valence-electron chi connectivity index (χ3n) is 5.18. The minimum absolute atomic E-state index is 0.208. The lowest BCUT2D eigenvalue weighted by atomic mass is 9.75. The monoisotopic (exact) mass is 291 g/mol. The minimum Gasteiger partial charge on any atom is -0.388 e. The Kier molecular flexibility index (Phi) is 5.19. The molecular weight excluding hydrogens is 258 g/mol. The summed E-state index contributed by atoms with van der Waals surface area (Å²) < 4.78 is 2.50. The van der Waals surface area contributed by atoms with Crippen molar-refractivity contribution < 1.29 is 5.11 Å². The van der Waals surface area contributed by atoms with E-state index in [9.17, 15) is 5.11 Å². The molecule has 0 fully saturated rings. The highest BCUT2D eigenvalue weighted by molar-refractivity contribution is 5.33. The summed E-state index contributed by atoms with van der Waals surface area (Å²) in [6, 6.07) is 2.22. The van der Waals surface area contributed by atoms with Crippen molar-refractivity contribution in [1.29, 1.82) is 0 Å². The fourth-order valence-corrected chi connectivity index (χ4v) is 3.83. The molecular formula is C19H33NO. The third kappa shape index (κ3) is 3.71. The Labute approximate surface area is 130 Å². The highest BCUT2D eigenvalue weighted by Crippen LogP contribution is 2.42. The molecule has 2 unspecified atom stereocenters. The molecule has 0 bridgehead atoms. The van der Waals surface area contributed by atoms with Crippen LogP contribution in [0.1, 0.15) is 82.9 Å². The Hall–Kier alpha value is -0.760. The second-order valence-electron chi connectivity index (χ2n) is 7.78. The molecule has 2 rings (SSSR count). The fourth-order valence-electron chi connectivity index (χ4n) is 3.83. The number of hydrogen-bond acceptors (Lipinski definition) is 1. The zero-order valence-corrected chi connectivity index (χ0v) is 14.6. The lowest BCUT2D eigenvalue weighted by molar-refractivity contribution is 0.0976. The van der Waals surface area contributed by atoms with E-state index in [4.69, 9.17) is 0 Å². The van der Waals surface area contributed by atoms with Crippen LogP contribution in [-0.4, -0.2) is 9.67 Å². The molecule has 21 heavy (non-hydrogen) atoms. The average Bonchev–Trinajstić information content (AvgIpc) is 2.70. The maximum Gasteiger partial charge on any atom is 0.0812 e. The highest BCUT2D eigenvalue weighted by Gasteiger charge is 2.34. The molecule has 0 radical (unpaired) electrons. The number of hydrogen-bond donors (Lipinski definition) is 1. The van der Waals surface area contributed by atoms with Crippen LogP contribution in [0.15, 0.2) is 6.07 Å². The first kappa shape index (κ1) is 16.6. The van der Waals surface area contributed by atoms with E-state index in [-0.39, 0.29) is 11.5 Å². The number of nitrogens with zero attached hydrogens (tertiary/aromatic N) is 1. The SMILES string of the molecule is CCCCC(CC)Cn1c(C)cc2c1CC(C)(C)CC2O. The van der Waals surface area contributed by atoms with E-state index in [0.717, 1.165) is 25.3 Å². The molecule has 0 saturated carbocycles. The molecule has 0 amide bonds. The summed E-state index contributed by atoms with van der Waals surface area (Å²) in [6.45, 7) is 12.5. The summed E-state index contributed by atoms with van der Waals surface area (Å²) in [4.78, 5) is 0. The summed E-state index contributed by atoms with van der Waals surface area (Å²) in [5.74, 6) is 0.766. The van der Waals surface area contributed by atoms with Gasteiger partial charge in [0.1, 0.15) is 0 Å². The van der Waals surface area contributed by atoms with Gasteiger partial charge in [0.15, 0.2) is 0 Å². The second-order valence-corrected chi connectivity index (χ2v) is 7.78. The molecule has 1 aliphatic carbocycles. The van der Waals surface area contributed by atoms with Gasteiger partial charge in [-0.15, -0.1) is 0 Å². The lowest BCUT2D eigenvalue weighted by Gasteiger charge is -2.34. The number of aliphatic hydroxyl groups is 1. The van der Waals surface area contributed by atoms with Crippen molar-refractivity contribution in [3.8, 4) is 0 Å². The van der Waals surface area contributed by atoms with Crippen LogP contribution in [0.25, 0.3) is 0 Å². The molecule has 2 heteroatoms. The predicted octanol–water partition coefficient (Wildman–Crippen LogP) is 5.02. The van der Waals surface area contributed by atoms with Gasteiger partial charge in [0.2, 0.25) is 0 Å². The molecule has 1 aliphatic rings. The number of aliphatic hydroxyl groups excluding tert-OH is 1. The average molecular weight is 291 g/mol. The van der Waals surface area contributed by atoms with Crippen LogP contribution in [-0.2, 0) is 13.0 Å². The van der Waals surface area contributed by atoms with Crippen molar-refractivity contribution >= 4 is 0 Å². The van der Waals surface area contributed by atoms with Crippen molar-refractivity contribution in [1.82, 2.24) is 4.57 Å². The van der Waals surface area contributed by atoms with Crippen molar-refractivity contribution in [3.05, 3.63) is 23.0 Å². The first-order chi connectivity index (χ1) is 9.88. The van der Waals surface area contributed by atoms with Crippen LogP contribution >= 0.6 is 0 Å². The standard InChI is InChI=1S/C19H33NO/c1-6-8-9-15(7-2)13-20-14(3)10-16-17(20)11-19(4,5)12-18(16)21/h10,15,18,21H,6-9,11-13H2,1-5H3. The summed E-state index contributed by atoms with van der Waals surface area (Å²) >= 11 is 0. The fraction of sp³-hybridized carbons (Fsp3) is 0.789. The predicted molar refractivity (Wildman–Crippen MR) is 89.5 cm³/mol. The molecule has 1 heterocycles. The van der Waals surface area contributed by atoms with E-state index >= 15 is 0 Å². The number of rotatable bonds is 6. The molecule has 1 aromatic rings. The van der Waals surface area contributed by atoms with Gasteiger partial charge in [-0.2, -0.15) is 0 Å². The molecule has 0 aromatic carbocycles. The number of aryl methyl sites for hydroxylation is 1. The van der Waals surface area contributed by atoms with Gasteiger partial charge in [-0.3, -0.25) is 0 Å². The van der Waals surface area contributed by atoms with Gasteiger partial charge in [-0.05, 0) is 43.6 Å². The number of aromatic nitrogens is 1. The van der Waals surface area contributed by atoms with Crippen molar-refractivity contribution in [2.45, 2.75) is 85.8 Å². The number of unbranched alkanes of at least 4 members (excludes halogenated alkanes) is 1. The van der Waals surface area contributed by atoms with E-state index in [2.05, 4.69) is 45.3 Å². The van der Waals surface area contributed by atoms with Crippen molar-refractivity contribution in [2.75, 3.05) is 0 Å². The molecule has 1 aromatic heterocycles. The quantitative estimate of drug-likeness (QED) is 0.782. The highest BCUT2D eigenvalue weighted by atomic mass is 16.3. The molecule has 0 saturated heterocycles. The van der Waals surface area contributed by atoms with Gasteiger partial charge in [0.05, 0.1) is 6.10 Å². The topological polar surface area (TPSA) is 25.2 Å². The Morgan fingerprint density at radius 1 is 1.38 bits per heavy atom. The minimum atomic E-state index is -0.278. The van der Waals surface area contributed by atoms with Crippen LogP contribution in [0, 0.1) is 18.3 Å². The van der Waals surface area contributed by atoms with Crippen LogP contribution in [0.3, 0.4) is 0 Å². The Bertz CT molecular complexity index is 472. The molecule has 2 atom stereocenters. The van der Waals surface area contributed by atoms with Gasteiger partial charge < -0.3 is 9.67 Å². The molecule has 1 N–H and O–H groups in total.